The first-order chi connectivity index (χ1) is 13.8. The van der Waals surface area contributed by atoms with Crippen molar-refractivity contribution in [2.75, 3.05) is 19.6 Å². The third-order valence-electron chi connectivity index (χ3n) is 4.78. The van der Waals surface area contributed by atoms with E-state index in [0.29, 0.717) is 24.7 Å². The Morgan fingerprint density at radius 2 is 1.97 bits per heavy atom. The summed E-state index contributed by atoms with van der Waals surface area (Å²) in [4.78, 5) is 52.0. The van der Waals surface area contributed by atoms with Crippen molar-refractivity contribution < 1.29 is 18.4 Å². The number of aryl methyl sites for hydroxylation is 2. The number of aromatic nitrogens is 2. The number of carbonyl (C=O) groups is 2. The minimum absolute atomic E-state index is 0.0490. The third-order valence-corrected chi connectivity index (χ3v) is 6.08. The van der Waals surface area contributed by atoms with E-state index in [0.717, 1.165) is 15.9 Å². The SMILES string of the molecule is CCn1c(=O)c2c(C)c(C(=O)N3CCNC(=O)C3)sc2n(CCC=C(F)F)c1=O. The van der Waals surface area contributed by atoms with Crippen molar-refractivity contribution in [1.82, 2.24) is 19.4 Å². The summed E-state index contributed by atoms with van der Waals surface area (Å²) >= 11 is 0.978. The zero-order chi connectivity index (χ0) is 21.3. The maximum atomic E-state index is 13.0. The van der Waals surface area contributed by atoms with Crippen LogP contribution < -0.4 is 16.6 Å². The van der Waals surface area contributed by atoms with Crippen molar-refractivity contribution in [3.8, 4) is 0 Å². The normalized spacial score (nSPS) is 14.2. The van der Waals surface area contributed by atoms with Crippen molar-refractivity contribution in [2.45, 2.75) is 33.4 Å². The quantitative estimate of drug-likeness (QED) is 0.780. The molecule has 8 nitrogen and oxygen atoms in total. The van der Waals surface area contributed by atoms with E-state index in [-0.39, 0.29) is 47.1 Å². The molecule has 1 N–H and O–H groups in total. The van der Waals surface area contributed by atoms with Gasteiger partial charge >= 0.3 is 5.69 Å². The van der Waals surface area contributed by atoms with Gasteiger partial charge in [-0.05, 0) is 31.9 Å². The topological polar surface area (TPSA) is 93.4 Å². The Balaban J connectivity index is 2.16. The van der Waals surface area contributed by atoms with E-state index in [4.69, 9.17) is 0 Å². The Bertz CT molecular complexity index is 1130. The summed E-state index contributed by atoms with van der Waals surface area (Å²) in [6, 6.07) is 0. The van der Waals surface area contributed by atoms with Crippen molar-refractivity contribution in [3.05, 3.63) is 43.4 Å². The van der Waals surface area contributed by atoms with Crippen LogP contribution in [0.3, 0.4) is 0 Å². The van der Waals surface area contributed by atoms with Gasteiger partial charge < -0.3 is 10.2 Å². The molecule has 1 saturated heterocycles. The van der Waals surface area contributed by atoms with Gasteiger partial charge in [0.15, 0.2) is 0 Å². The number of hydrogen-bond donors (Lipinski definition) is 1. The Morgan fingerprint density at radius 1 is 1.24 bits per heavy atom. The molecule has 1 fully saturated rings. The van der Waals surface area contributed by atoms with Crippen LogP contribution in [0.5, 0.6) is 0 Å². The molecule has 2 aromatic rings. The van der Waals surface area contributed by atoms with Crippen LogP contribution in [0.15, 0.2) is 21.7 Å². The molecule has 2 aromatic heterocycles. The van der Waals surface area contributed by atoms with Crippen molar-refractivity contribution in [3.63, 3.8) is 0 Å². The summed E-state index contributed by atoms with van der Waals surface area (Å²) in [7, 11) is 0. The van der Waals surface area contributed by atoms with Gasteiger partial charge in [0, 0.05) is 26.2 Å². The fourth-order valence-corrected chi connectivity index (χ4v) is 4.62. The highest BCUT2D eigenvalue weighted by Crippen LogP contribution is 2.29. The Hall–Kier alpha value is -2.82. The molecule has 0 unspecified atom stereocenters. The predicted molar refractivity (Wildman–Crippen MR) is 105 cm³/mol. The van der Waals surface area contributed by atoms with E-state index in [1.165, 1.54) is 9.47 Å². The first-order valence-electron chi connectivity index (χ1n) is 9.10. The van der Waals surface area contributed by atoms with Crippen LogP contribution >= 0.6 is 11.3 Å². The number of nitrogens with zero attached hydrogens (tertiary/aromatic N) is 3. The average Bonchev–Trinajstić information content (AvgIpc) is 3.01. The van der Waals surface area contributed by atoms with E-state index in [1.807, 2.05) is 0 Å². The van der Waals surface area contributed by atoms with E-state index >= 15 is 0 Å². The highest BCUT2D eigenvalue weighted by molar-refractivity contribution is 7.20. The van der Waals surface area contributed by atoms with Gasteiger partial charge in [-0.2, -0.15) is 8.78 Å². The van der Waals surface area contributed by atoms with Crippen molar-refractivity contribution in [2.24, 2.45) is 0 Å². The first kappa shape index (κ1) is 20.9. The molecule has 0 bridgehead atoms. The zero-order valence-electron chi connectivity index (χ0n) is 16.0. The fourth-order valence-electron chi connectivity index (χ4n) is 3.33. The molecular formula is C18H20F2N4O4S. The van der Waals surface area contributed by atoms with E-state index in [9.17, 15) is 28.0 Å². The molecule has 156 valence electrons. The molecule has 1 aliphatic heterocycles. The molecular weight excluding hydrogens is 406 g/mol. The van der Waals surface area contributed by atoms with Gasteiger partial charge in [-0.15, -0.1) is 11.3 Å². The van der Waals surface area contributed by atoms with E-state index in [2.05, 4.69) is 5.32 Å². The van der Waals surface area contributed by atoms with Crippen LogP contribution in [0, 0.1) is 6.92 Å². The number of allylic oxidation sites excluding steroid dienone is 1. The summed E-state index contributed by atoms with van der Waals surface area (Å²) in [5, 5.41) is 2.87. The predicted octanol–water partition coefficient (Wildman–Crippen LogP) is 1.30. The summed E-state index contributed by atoms with van der Waals surface area (Å²) in [6.07, 6.45) is -1.23. The largest absolute Gasteiger partial charge is 0.353 e. The number of thiophene rings is 1. The molecule has 0 spiro atoms. The van der Waals surface area contributed by atoms with Crippen LogP contribution in [0.25, 0.3) is 10.2 Å². The molecule has 0 radical (unpaired) electrons. The maximum absolute atomic E-state index is 13.0. The number of halogens is 2. The lowest BCUT2D eigenvalue weighted by atomic mass is 10.2. The molecule has 0 aromatic carbocycles. The van der Waals surface area contributed by atoms with Gasteiger partial charge in [0.25, 0.3) is 17.5 Å². The van der Waals surface area contributed by atoms with Gasteiger partial charge in [-0.1, -0.05) is 0 Å². The average molecular weight is 426 g/mol. The molecule has 3 heterocycles. The minimum Gasteiger partial charge on any atom is -0.353 e. The van der Waals surface area contributed by atoms with Crippen LogP contribution in [-0.2, 0) is 17.9 Å². The molecule has 29 heavy (non-hydrogen) atoms. The highest BCUT2D eigenvalue weighted by atomic mass is 32.1. The number of amides is 2. The van der Waals surface area contributed by atoms with Crippen LogP contribution in [0.2, 0.25) is 0 Å². The number of piperazine rings is 1. The second-order valence-corrected chi connectivity index (χ2v) is 7.58. The summed E-state index contributed by atoms with van der Waals surface area (Å²) in [5.41, 5.74) is -0.690. The molecule has 0 aliphatic carbocycles. The third kappa shape index (κ3) is 3.86. The summed E-state index contributed by atoms with van der Waals surface area (Å²) in [5.74, 6) is -0.664. The smallest absolute Gasteiger partial charge is 0.332 e. The van der Waals surface area contributed by atoms with Crippen molar-refractivity contribution in [1.29, 1.82) is 0 Å². The molecule has 1 aliphatic rings. The number of hydrogen-bond acceptors (Lipinski definition) is 5. The molecule has 0 atom stereocenters. The van der Waals surface area contributed by atoms with Crippen LogP contribution in [-0.4, -0.2) is 45.5 Å². The Labute approximate surface area is 168 Å². The maximum Gasteiger partial charge on any atom is 0.332 e. The number of carbonyl (C=O) groups excluding carboxylic acids is 2. The second-order valence-electron chi connectivity index (χ2n) is 6.58. The standard InChI is InChI=1S/C18H20F2N4O4S/c1-3-23-15(26)13-10(2)14(16(27)22-8-6-21-12(25)9-22)29-17(13)24(18(23)28)7-4-5-11(19)20/h5H,3-4,6-9H2,1-2H3,(H,21,25). The first-order valence-corrected chi connectivity index (χ1v) is 9.91. The molecule has 11 heteroatoms. The summed E-state index contributed by atoms with van der Waals surface area (Å²) in [6.45, 7) is 3.92. The van der Waals surface area contributed by atoms with Gasteiger partial charge in [0.05, 0.1) is 16.8 Å². The molecule has 2 amide bonds. The summed E-state index contributed by atoms with van der Waals surface area (Å²) < 4.78 is 27.1. The second kappa shape index (κ2) is 8.27. The van der Waals surface area contributed by atoms with Gasteiger partial charge in [0.1, 0.15) is 4.83 Å². The molecule has 3 rings (SSSR count). The van der Waals surface area contributed by atoms with E-state index in [1.54, 1.807) is 13.8 Å². The Morgan fingerprint density at radius 3 is 2.59 bits per heavy atom. The Kier molecular flexibility index (Phi) is 5.96. The number of nitrogens with one attached hydrogen (secondary N) is 1. The number of rotatable bonds is 5. The lowest BCUT2D eigenvalue weighted by Crippen LogP contribution is -2.49. The van der Waals surface area contributed by atoms with Gasteiger partial charge in [0.2, 0.25) is 5.91 Å². The van der Waals surface area contributed by atoms with E-state index < -0.39 is 23.2 Å². The lowest BCUT2D eigenvalue weighted by molar-refractivity contribution is -0.123. The van der Waals surface area contributed by atoms with Gasteiger partial charge in [-0.25, -0.2) is 4.79 Å². The number of fused-ring (bicyclic) bond motifs is 1. The monoisotopic (exact) mass is 426 g/mol. The van der Waals surface area contributed by atoms with Crippen molar-refractivity contribution >= 4 is 33.4 Å². The van der Waals surface area contributed by atoms with Crippen LogP contribution in [0.1, 0.15) is 28.6 Å². The zero-order valence-corrected chi connectivity index (χ0v) is 16.8. The molecule has 0 saturated carbocycles. The van der Waals surface area contributed by atoms with Gasteiger partial charge in [-0.3, -0.25) is 23.5 Å². The lowest BCUT2D eigenvalue weighted by Gasteiger charge is -2.26. The minimum atomic E-state index is -1.85. The highest BCUT2D eigenvalue weighted by Gasteiger charge is 2.28. The fraction of sp³-hybridized carbons (Fsp3) is 0.444. The van der Waals surface area contributed by atoms with Crippen LogP contribution in [0.4, 0.5) is 8.78 Å².